The highest BCUT2D eigenvalue weighted by Crippen LogP contribution is 2.26. The van der Waals surface area contributed by atoms with Gasteiger partial charge in [0.25, 0.3) is 5.91 Å². The Hall–Kier alpha value is -2.83. The van der Waals surface area contributed by atoms with Gasteiger partial charge in [-0.2, -0.15) is 0 Å². The predicted octanol–water partition coefficient (Wildman–Crippen LogP) is 2.92. The molecule has 0 fully saturated rings. The average molecular weight is 360 g/mol. The van der Waals surface area contributed by atoms with Gasteiger partial charge in [-0.25, -0.2) is 9.59 Å². The van der Waals surface area contributed by atoms with Crippen LogP contribution in [0.25, 0.3) is 11.0 Å². The van der Waals surface area contributed by atoms with Crippen LogP contribution in [0.2, 0.25) is 0 Å². The van der Waals surface area contributed by atoms with Crippen LogP contribution >= 0.6 is 0 Å². The smallest absolute Gasteiger partial charge is 0.336 e. The topological polar surface area (TPSA) is 97.6 Å². The maximum absolute atomic E-state index is 11.8. The monoisotopic (exact) mass is 360 g/mol. The van der Waals surface area contributed by atoms with Gasteiger partial charge in [-0.3, -0.25) is 10.1 Å². The van der Waals surface area contributed by atoms with E-state index in [1.807, 2.05) is 20.8 Å². The van der Waals surface area contributed by atoms with E-state index in [0.717, 1.165) is 23.8 Å². The number of hydrogen-bond donors (Lipinski definition) is 2. The van der Waals surface area contributed by atoms with Gasteiger partial charge >= 0.3 is 11.7 Å². The zero-order valence-electron chi connectivity index (χ0n) is 15.3. The van der Waals surface area contributed by atoms with Crippen molar-refractivity contribution in [2.24, 2.45) is 0 Å². The average Bonchev–Trinajstić information content (AvgIpc) is 2.59. The first-order valence-electron chi connectivity index (χ1n) is 8.69. The molecule has 1 aromatic carbocycles. The van der Waals surface area contributed by atoms with Crippen LogP contribution in [0.3, 0.4) is 0 Å². The molecule has 0 radical (unpaired) electrons. The van der Waals surface area contributed by atoms with Gasteiger partial charge in [0.1, 0.15) is 11.3 Å². The standard InChI is InChI=1S/C19H24N2O5/c1-4-5-8-20-19(24)21-17(22)11-25-13-6-7-14-15(12(2)3)10-18(23)26-16(14)9-13/h6-7,9-10,12H,4-5,8,11H2,1-3H3,(H2,20,21,22,24). The number of hydrogen-bond acceptors (Lipinski definition) is 5. The van der Waals surface area contributed by atoms with E-state index in [9.17, 15) is 14.4 Å². The molecule has 0 aliphatic rings. The normalized spacial score (nSPS) is 10.8. The van der Waals surface area contributed by atoms with Crippen molar-refractivity contribution in [2.45, 2.75) is 39.5 Å². The first kappa shape index (κ1) is 19.5. The summed E-state index contributed by atoms with van der Waals surface area (Å²) >= 11 is 0. The molecule has 7 nitrogen and oxygen atoms in total. The second-order valence-corrected chi connectivity index (χ2v) is 6.28. The van der Waals surface area contributed by atoms with Crippen molar-refractivity contribution >= 4 is 22.9 Å². The molecule has 2 N–H and O–H groups in total. The Morgan fingerprint density at radius 1 is 1.23 bits per heavy atom. The molecule has 2 rings (SSSR count). The zero-order chi connectivity index (χ0) is 19.1. The van der Waals surface area contributed by atoms with E-state index >= 15 is 0 Å². The molecule has 0 aliphatic heterocycles. The van der Waals surface area contributed by atoms with Crippen molar-refractivity contribution in [3.05, 3.63) is 40.2 Å². The van der Waals surface area contributed by atoms with Crippen LogP contribution in [-0.2, 0) is 4.79 Å². The molecule has 0 saturated carbocycles. The molecular weight excluding hydrogens is 336 g/mol. The third-order valence-corrected chi connectivity index (χ3v) is 3.81. The fourth-order valence-corrected chi connectivity index (χ4v) is 2.47. The van der Waals surface area contributed by atoms with Crippen LogP contribution < -0.4 is 21.0 Å². The van der Waals surface area contributed by atoms with E-state index in [4.69, 9.17) is 9.15 Å². The quantitative estimate of drug-likeness (QED) is 0.584. The number of nitrogens with one attached hydrogen (secondary N) is 2. The van der Waals surface area contributed by atoms with E-state index in [1.54, 1.807) is 18.2 Å². The van der Waals surface area contributed by atoms with Crippen molar-refractivity contribution < 1.29 is 18.7 Å². The SMILES string of the molecule is CCCCNC(=O)NC(=O)COc1ccc2c(C(C)C)cc(=O)oc2c1. The summed E-state index contributed by atoms with van der Waals surface area (Å²) in [6.07, 6.45) is 1.80. The summed E-state index contributed by atoms with van der Waals surface area (Å²) in [5.41, 5.74) is 0.862. The summed E-state index contributed by atoms with van der Waals surface area (Å²) in [6.45, 7) is 6.19. The summed E-state index contributed by atoms with van der Waals surface area (Å²) in [5.74, 6) is -0.00931. The second kappa shape index (κ2) is 9.03. The number of urea groups is 1. The van der Waals surface area contributed by atoms with Crippen molar-refractivity contribution in [3.63, 3.8) is 0 Å². The van der Waals surface area contributed by atoms with Gasteiger partial charge in [-0.05, 0) is 30.0 Å². The number of rotatable bonds is 7. The molecular formula is C19H24N2O5. The number of fused-ring (bicyclic) bond motifs is 1. The maximum Gasteiger partial charge on any atom is 0.336 e. The number of benzene rings is 1. The van der Waals surface area contributed by atoms with Gasteiger partial charge in [0, 0.05) is 24.1 Å². The van der Waals surface area contributed by atoms with Crippen LogP contribution in [0, 0.1) is 0 Å². The Balaban J connectivity index is 2.00. The summed E-state index contributed by atoms with van der Waals surface area (Å²) in [7, 11) is 0. The Morgan fingerprint density at radius 3 is 2.69 bits per heavy atom. The lowest BCUT2D eigenvalue weighted by atomic mass is 10.00. The minimum absolute atomic E-state index is 0.172. The lowest BCUT2D eigenvalue weighted by Crippen LogP contribution is -2.41. The number of imide groups is 1. The Bertz CT molecular complexity index is 841. The maximum atomic E-state index is 11.8. The molecule has 0 atom stereocenters. The van der Waals surface area contributed by atoms with Crippen LogP contribution in [0.1, 0.15) is 45.1 Å². The van der Waals surface area contributed by atoms with E-state index in [-0.39, 0.29) is 12.5 Å². The second-order valence-electron chi connectivity index (χ2n) is 6.28. The number of ether oxygens (including phenoxy) is 1. The van der Waals surface area contributed by atoms with E-state index in [0.29, 0.717) is 17.9 Å². The molecule has 0 unspecified atom stereocenters. The van der Waals surface area contributed by atoms with Crippen molar-refractivity contribution in [1.29, 1.82) is 0 Å². The number of amides is 3. The van der Waals surface area contributed by atoms with Crippen molar-refractivity contribution in [3.8, 4) is 5.75 Å². The first-order valence-corrected chi connectivity index (χ1v) is 8.69. The predicted molar refractivity (Wildman–Crippen MR) is 98.5 cm³/mol. The number of carbonyl (C=O) groups is 2. The van der Waals surface area contributed by atoms with Gasteiger partial charge in [0.2, 0.25) is 0 Å². The largest absolute Gasteiger partial charge is 0.484 e. The summed E-state index contributed by atoms with van der Waals surface area (Å²) in [5, 5.41) is 5.60. The fraction of sp³-hybridized carbons (Fsp3) is 0.421. The molecule has 0 spiro atoms. The van der Waals surface area contributed by atoms with Gasteiger partial charge in [-0.1, -0.05) is 27.2 Å². The lowest BCUT2D eigenvalue weighted by molar-refractivity contribution is -0.122. The molecule has 7 heteroatoms. The summed E-state index contributed by atoms with van der Waals surface area (Å²) < 4.78 is 10.6. The molecule has 1 heterocycles. The molecule has 2 aromatic rings. The highest BCUT2D eigenvalue weighted by atomic mass is 16.5. The van der Waals surface area contributed by atoms with Gasteiger partial charge in [-0.15, -0.1) is 0 Å². The number of carbonyl (C=O) groups excluding carboxylic acids is 2. The molecule has 140 valence electrons. The van der Waals surface area contributed by atoms with Crippen molar-refractivity contribution in [2.75, 3.05) is 13.2 Å². The summed E-state index contributed by atoms with van der Waals surface area (Å²) in [4.78, 5) is 35.0. The number of unbranched alkanes of at least 4 members (excludes halogenated alkanes) is 1. The van der Waals surface area contributed by atoms with Crippen molar-refractivity contribution in [1.82, 2.24) is 10.6 Å². The molecule has 0 saturated heterocycles. The molecule has 0 bridgehead atoms. The Labute approximate surface area is 151 Å². The summed E-state index contributed by atoms with van der Waals surface area (Å²) in [6, 6.07) is 5.99. The highest BCUT2D eigenvalue weighted by molar-refractivity contribution is 5.95. The van der Waals surface area contributed by atoms with Crippen LogP contribution in [0.15, 0.2) is 33.5 Å². The lowest BCUT2D eigenvalue weighted by Gasteiger charge is -2.11. The molecule has 1 aromatic heterocycles. The van der Waals surface area contributed by atoms with Crippen LogP contribution in [-0.4, -0.2) is 25.1 Å². The first-order chi connectivity index (χ1) is 12.4. The van der Waals surface area contributed by atoms with Crippen LogP contribution in [0.4, 0.5) is 4.79 Å². The third kappa shape index (κ3) is 5.34. The highest BCUT2D eigenvalue weighted by Gasteiger charge is 2.11. The van der Waals surface area contributed by atoms with Gasteiger partial charge < -0.3 is 14.5 Å². The molecule has 0 aliphatic carbocycles. The fourth-order valence-electron chi connectivity index (χ4n) is 2.47. The van der Waals surface area contributed by atoms with E-state index < -0.39 is 17.6 Å². The minimum atomic E-state index is -0.559. The van der Waals surface area contributed by atoms with E-state index in [1.165, 1.54) is 6.07 Å². The van der Waals surface area contributed by atoms with Gasteiger partial charge in [0.05, 0.1) is 0 Å². The van der Waals surface area contributed by atoms with E-state index in [2.05, 4.69) is 10.6 Å². The van der Waals surface area contributed by atoms with Gasteiger partial charge in [0.15, 0.2) is 6.61 Å². The Kier molecular flexibility index (Phi) is 6.77. The Morgan fingerprint density at radius 2 is 2.00 bits per heavy atom. The zero-order valence-corrected chi connectivity index (χ0v) is 15.3. The minimum Gasteiger partial charge on any atom is -0.484 e. The van der Waals surface area contributed by atoms with Crippen LogP contribution in [0.5, 0.6) is 5.75 Å². The molecule has 26 heavy (non-hydrogen) atoms. The third-order valence-electron chi connectivity index (χ3n) is 3.81. The molecule has 3 amide bonds.